The van der Waals surface area contributed by atoms with Crippen LogP contribution in [0.5, 0.6) is 0 Å². The van der Waals surface area contributed by atoms with Crippen LogP contribution in [0.2, 0.25) is 0 Å². The van der Waals surface area contributed by atoms with Gasteiger partial charge in [0.15, 0.2) is 0 Å². The van der Waals surface area contributed by atoms with E-state index < -0.39 is 0 Å². The van der Waals surface area contributed by atoms with E-state index in [0.29, 0.717) is 12.2 Å². The predicted molar refractivity (Wildman–Crippen MR) is 67.5 cm³/mol. The van der Waals surface area contributed by atoms with Gasteiger partial charge >= 0.3 is 0 Å². The van der Waals surface area contributed by atoms with Gasteiger partial charge in [-0.15, -0.1) is 0 Å². The van der Waals surface area contributed by atoms with Gasteiger partial charge in [-0.05, 0) is 12.1 Å². The number of para-hydroxylation sites is 1. The summed E-state index contributed by atoms with van der Waals surface area (Å²) in [6.45, 7) is 0.641. The Morgan fingerprint density at radius 1 is 1.12 bits per heavy atom. The van der Waals surface area contributed by atoms with Crippen LogP contribution >= 0.6 is 0 Å². The van der Waals surface area contributed by atoms with Gasteiger partial charge in [0.05, 0.1) is 29.6 Å². The molecule has 0 atom stereocenters. The summed E-state index contributed by atoms with van der Waals surface area (Å²) in [6, 6.07) is 12.2. The Labute approximate surface area is 98.7 Å². The van der Waals surface area contributed by atoms with Crippen molar-refractivity contribution in [2.45, 2.75) is 6.54 Å². The molecule has 0 unspecified atom stereocenters. The van der Waals surface area contributed by atoms with Crippen LogP contribution in [-0.2, 0) is 6.54 Å². The van der Waals surface area contributed by atoms with Gasteiger partial charge in [0.2, 0.25) is 0 Å². The number of hydrogen-bond donors (Lipinski definition) is 1. The van der Waals surface area contributed by atoms with E-state index in [-0.39, 0.29) is 0 Å². The van der Waals surface area contributed by atoms with Crippen molar-refractivity contribution in [2.75, 3.05) is 5.73 Å². The zero-order valence-electron chi connectivity index (χ0n) is 9.24. The second-order valence-corrected chi connectivity index (χ2v) is 3.97. The predicted octanol–water partition coefficient (Wildman–Crippen LogP) is 2.06. The lowest BCUT2D eigenvalue weighted by Gasteiger charge is -2.03. The largest absolute Gasteiger partial charge is 0.396 e. The summed E-state index contributed by atoms with van der Waals surface area (Å²) in [6.07, 6.45) is 3.44. The first-order chi connectivity index (χ1) is 8.31. The number of pyridine rings is 1. The molecule has 0 aliphatic rings. The van der Waals surface area contributed by atoms with E-state index in [4.69, 9.17) is 5.73 Å². The molecule has 2 heterocycles. The highest BCUT2D eigenvalue weighted by atomic mass is 15.3. The molecule has 3 rings (SSSR count). The third-order valence-electron chi connectivity index (χ3n) is 2.63. The number of nitrogens with zero attached hydrogens (tertiary/aromatic N) is 3. The number of fused-ring (bicyclic) bond motifs is 1. The van der Waals surface area contributed by atoms with E-state index in [1.807, 2.05) is 24.3 Å². The molecule has 0 fully saturated rings. The Morgan fingerprint density at radius 2 is 2.00 bits per heavy atom. The van der Waals surface area contributed by atoms with Gasteiger partial charge in [-0.2, -0.15) is 5.10 Å². The topological polar surface area (TPSA) is 56.7 Å². The molecule has 0 aliphatic carbocycles. The molecular weight excluding hydrogens is 212 g/mol. The first-order valence-electron chi connectivity index (χ1n) is 5.44. The van der Waals surface area contributed by atoms with Crippen LogP contribution in [0.15, 0.2) is 48.8 Å². The molecular formula is C13H12N4. The molecule has 0 aliphatic heterocycles. The number of nitrogen functional groups attached to an aromatic ring is 1. The van der Waals surface area contributed by atoms with Gasteiger partial charge in [0, 0.05) is 11.6 Å². The minimum Gasteiger partial charge on any atom is -0.396 e. The first-order valence-corrected chi connectivity index (χ1v) is 5.44. The number of anilines is 1. The summed E-state index contributed by atoms with van der Waals surface area (Å²) in [5.41, 5.74) is 8.27. The highest BCUT2D eigenvalue weighted by Gasteiger charge is 2.00. The molecule has 84 valence electrons. The average molecular weight is 224 g/mol. The third-order valence-corrected chi connectivity index (χ3v) is 2.63. The lowest BCUT2D eigenvalue weighted by Crippen LogP contribution is -2.02. The Morgan fingerprint density at radius 3 is 2.82 bits per heavy atom. The first kappa shape index (κ1) is 9.84. The fourth-order valence-corrected chi connectivity index (χ4v) is 1.83. The molecule has 2 aromatic heterocycles. The molecule has 1 aromatic carbocycles. The van der Waals surface area contributed by atoms with Crippen LogP contribution in [0.1, 0.15) is 5.69 Å². The standard InChI is InChI=1S/C13H12N4/c14-11-7-15-17(8-11)9-12-6-5-10-3-1-2-4-13(10)16-12/h1-8H,9,14H2. The van der Waals surface area contributed by atoms with E-state index in [1.54, 1.807) is 17.1 Å². The number of benzene rings is 1. The van der Waals surface area contributed by atoms with Crippen LogP contribution in [0.4, 0.5) is 5.69 Å². The highest BCUT2D eigenvalue weighted by molar-refractivity contribution is 5.78. The number of nitrogens with two attached hydrogens (primary N) is 1. The molecule has 17 heavy (non-hydrogen) atoms. The Balaban J connectivity index is 1.95. The molecule has 0 bridgehead atoms. The molecule has 4 heteroatoms. The second kappa shape index (κ2) is 3.90. The lowest BCUT2D eigenvalue weighted by molar-refractivity contribution is 0.675. The summed E-state index contributed by atoms with van der Waals surface area (Å²) in [7, 11) is 0. The molecule has 2 N–H and O–H groups in total. The Kier molecular flexibility index (Phi) is 2.26. The lowest BCUT2D eigenvalue weighted by atomic mass is 10.2. The van der Waals surface area contributed by atoms with Crippen LogP contribution in [0.3, 0.4) is 0 Å². The maximum absolute atomic E-state index is 5.62. The van der Waals surface area contributed by atoms with Gasteiger partial charge in [0.25, 0.3) is 0 Å². The zero-order valence-corrected chi connectivity index (χ0v) is 9.24. The van der Waals surface area contributed by atoms with Gasteiger partial charge in [0.1, 0.15) is 0 Å². The monoisotopic (exact) mass is 224 g/mol. The molecule has 0 radical (unpaired) electrons. The van der Waals surface area contributed by atoms with Crippen molar-refractivity contribution >= 4 is 16.6 Å². The number of rotatable bonds is 2. The van der Waals surface area contributed by atoms with E-state index in [2.05, 4.69) is 22.2 Å². The normalized spacial score (nSPS) is 10.8. The molecule has 0 saturated carbocycles. The maximum Gasteiger partial charge on any atom is 0.0832 e. The van der Waals surface area contributed by atoms with Crippen molar-refractivity contribution in [2.24, 2.45) is 0 Å². The van der Waals surface area contributed by atoms with E-state index in [9.17, 15) is 0 Å². The highest BCUT2D eigenvalue weighted by Crippen LogP contribution is 2.12. The van der Waals surface area contributed by atoms with Gasteiger partial charge in [-0.1, -0.05) is 24.3 Å². The van der Waals surface area contributed by atoms with Gasteiger partial charge < -0.3 is 5.73 Å². The van der Waals surface area contributed by atoms with Crippen molar-refractivity contribution in [3.05, 3.63) is 54.5 Å². The number of aromatic nitrogens is 3. The average Bonchev–Trinajstić information content (AvgIpc) is 2.75. The van der Waals surface area contributed by atoms with E-state index in [1.165, 1.54) is 0 Å². The SMILES string of the molecule is Nc1cnn(Cc2ccc3ccccc3n2)c1. The van der Waals surface area contributed by atoms with Crippen molar-refractivity contribution in [1.29, 1.82) is 0 Å². The summed E-state index contributed by atoms with van der Waals surface area (Å²) in [4.78, 5) is 4.58. The number of hydrogen-bond acceptors (Lipinski definition) is 3. The molecule has 0 saturated heterocycles. The quantitative estimate of drug-likeness (QED) is 0.724. The van der Waals surface area contributed by atoms with Gasteiger partial charge in [-0.25, -0.2) is 0 Å². The smallest absolute Gasteiger partial charge is 0.0832 e. The van der Waals surface area contributed by atoms with Crippen LogP contribution in [0.25, 0.3) is 10.9 Å². The van der Waals surface area contributed by atoms with E-state index in [0.717, 1.165) is 16.6 Å². The van der Waals surface area contributed by atoms with Crippen molar-refractivity contribution in [3.63, 3.8) is 0 Å². The molecule has 0 spiro atoms. The summed E-state index contributed by atoms with van der Waals surface area (Å²) < 4.78 is 1.78. The van der Waals surface area contributed by atoms with Gasteiger partial charge in [-0.3, -0.25) is 9.67 Å². The van der Waals surface area contributed by atoms with Crippen molar-refractivity contribution in [3.8, 4) is 0 Å². The Hall–Kier alpha value is -2.36. The van der Waals surface area contributed by atoms with Crippen molar-refractivity contribution in [1.82, 2.24) is 14.8 Å². The minimum atomic E-state index is 0.641. The maximum atomic E-state index is 5.62. The molecule has 0 amide bonds. The van der Waals surface area contributed by atoms with Crippen molar-refractivity contribution < 1.29 is 0 Å². The summed E-state index contributed by atoms with van der Waals surface area (Å²) >= 11 is 0. The fourth-order valence-electron chi connectivity index (χ4n) is 1.83. The summed E-state index contributed by atoms with van der Waals surface area (Å²) in [5, 5.41) is 5.29. The van der Waals surface area contributed by atoms with Crippen LogP contribution in [-0.4, -0.2) is 14.8 Å². The molecule has 4 nitrogen and oxygen atoms in total. The minimum absolute atomic E-state index is 0.641. The Bertz CT molecular complexity index is 657. The fraction of sp³-hybridized carbons (Fsp3) is 0.0769. The van der Waals surface area contributed by atoms with E-state index >= 15 is 0 Å². The second-order valence-electron chi connectivity index (χ2n) is 3.97. The third kappa shape index (κ3) is 1.97. The summed E-state index contributed by atoms with van der Waals surface area (Å²) in [5.74, 6) is 0. The zero-order chi connectivity index (χ0) is 11.7. The van der Waals surface area contributed by atoms with Crippen LogP contribution < -0.4 is 5.73 Å². The van der Waals surface area contributed by atoms with Crippen LogP contribution in [0, 0.1) is 0 Å². The molecule has 3 aromatic rings.